The van der Waals surface area contributed by atoms with Gasteiger partial charge in [0.1, 0.15) is 12.2 Å². The molecule has 9 heteroatoms. The molecular weight excluding hydrogens is 323 g/mol. The molecule has 3 rings (SSSR count). The number of nitrogens with zero attached hydrogens (tertiary/aromatic N) is 5. The smallest absolute Gasteiger partial charge is 0.353 e. The van der Waals surface area contributed by atoms with Crippen LogP contribution in [-0.2, 0) is 4.79 Å². The van der Waals surface area contributed by atoms with Crippen LogP contribution in [0, 0.1) is 0 Å². The molecule has 0 saturated carbocycles. The molecule has 0 radical (unpaired) electrons. The van der Waals surface area contributed by atoms with Crippen molar-refractivity contribution >= 4 is 17.7 Å². The van der Waals surface area contributed by atoms with E-state index in [1.54, 1.807) is 12.3 Å². The summed E-state index contributed by atoms with van der Waals surface area (Å²) in [6.07, 6.45) is -1.87. The number of hydrogen-bond acceptors (Lipinski definition) is 5. The molecular formula is C15H20F3N5O. The molecule has 1 aromatic heterocycles. The number of piperazine rings is 1. The SMILES string of the molecule is O=C(CC(F)(F)F)N1CCN(c2ccnc(N3CCCC3)n2)CC1. The van der Waals surface area contributed by atoms with Gasteiger partial charge in [0.15, 0.2) is 0 Å². The number of hydrogen-bond donors (Lipinski definition) is 0. The van der Waals surface area contributed by atoms with Crippen molar-refractivity contribution in [1.29, 1.82) is 0 Å². The first-order valence-corrected chi connectivity index (χ1v) is 8.10. The van der Waals surface area contributed by atoms with Crippen molar-refractivity contribution in [3.05, 3.63) is 12.3 Å². The highest BCUT2D eigenvalue weighted by Gasteiger charge is 2.34. The fourth-order valence-corrected chi connectivity index (χ4v) is 3.05. The van der Waals surface area contributed by atoms with Crippen molar-refractivity contribution in [2.75, 3.05) is 49.1 Å². The normalized spacial score (nSPS) is 19.0. The van der Waals surface area contributed by atoms with Crippen molar-refractivity contribution in [3.63, 3.8) is 0 Å². The predicted molar refractivity (Wildman–Crippen MR) is 82.9 cm³/mol. The molecule has 0 bridgehead atoms. The number of rotatable bonds is 3. The molecule has 2 aliphatic heterocycles. The number of aromatic nitrogens is 2. The molecule has 24 heavy (non-hydrogen) atoms. The second-order valence-corrected chi connectivity index (χ2v) is 6.07. The van der Waals surface area contributed by atoms with E-state index in [4.69, 9.17) is 0 Å². The van der Waals surface area contributed by atoms with Gasteiger partial charge in [-0.25, -0.2) is 4.98 Å². The average Bonchev–Trinajstić information content (AvgIpc) is 3.08. The van der Waals surface area contributed by atoms with Crippen LogP contribution in [0.1, 0.15) is 19.3 Å². The summed E-state index contributed by atoms with van der Waals surface area (Å²) in [6, 6.07) is 1.80. The van der Waals surface area contributed by atoms with Gasteiger partial charge in [0.25, 0.3) is 0 Å². The summed E-state index contributed by atoms with van der Waals surface area (Å²) in [6.45, 7) is 3.39. The minimum absolute atomic E-state index is 0.276. The van der Waals surface area contributed by atoms with Crippen LogP contribution in [0.15, 0.2) is 12.3 Å². The third kappa shape index (κ3) is 4.07. The minimum Gasteiger partial charge on any atom is -0.353 e. The molecule has 0 aromatic carbocycles. The van der Waals surface area contributed by atoms with Gasteiger partial charge >= 0.3 is 6.18 Å². The lowest BCUT2D eigenvalue weighted by Crippen LogP contribution is -2.49. The first-order chi connectivity index (χ1) is 11.4. The Labute approximate surface area is 138 Å². The molecule has 1 aromatic rings. The summed E-state index contributed by atoms with van der Waals surface area (Å²) < 4.78 is 36.9. The van der Waals surface area contributed by atoms with Crippen LogP contribution in [0.5, 0.6) is 0 Å². The van der Waals surface area contributed by atoms with E-state index in [0.717, 1.165) is 31.7 Å². The average molecular weight is 343 g/mol. The van der Waals surface area contributed by atoms with Crippen molar-refractivity contribution in [3.8, 4) is 0 Å². The van der Waals surface area contributed by atoms with E-state index in [2.05, 4.69) is 14.9 Å². The van der Waals surface area contributed by atoms with Crippen LogP contribution in [0.4, 0.5) is 24.9 Å². The molecule has 0 N–H and O–H groups in total. The largest absolute Gasteiger partial charge is 0.397 e. The Morgan fingerprint density at radius 1 is 1.04 bits per heavy atom. The molecule has 1 amide bonds. The highest BCUT2D eigenvalue weighted by molar-refractivity contribution is 5.77. The van der Waals surface area contributed by atoms with Crippen LogP contribution in [-0.4, -0.2) is 66.2 Å². The zero-order valence-electron chi connectivity index (χ0n) is 13.3. The molecule has 0 spiro atoms. The Hall–Kier alpha value is -2.06. The van der Waals surface area contributed by atoms with Crippen molar-refractivity contribution in [2.24, 2.45) is 0 Å². The second-order valence-electron chi connectivity index (χ2n) is 6.07. The number of alkyl halides is 3. The third-order valence-corrected chi connectivity index (χ3v) is 4.33. The number of halogens is 3. The monoisotopic (exact) mass is 343 g/mol. The molecule has 0 unspecified atom stereocenters. The molecule has 2 fully saturated rings. The maximum Gasteiger partial charge on any atom is 0.397 e. The topological polar surface area (TPSA) is 52.6 Å². The zero-order chi connectivity index (χ0) is 17.2. The van der Waals surface area contributed by atoms with E-state index in [1.807, 2.05) is 4.90 Å². The first-order valence-electron chi connectivity index (χ1n) is 8.10. The quantitative estimate of drug-likeness (QED) is 0.836. The van der Waals surface area contributed by atoms with Gasteiger partial charge in [-0.05, 0) is 18.9 Å². The van der Waals surface area contributed by atoms with Gasteiger partial charge in [-0.3, -0.25) is 4.79 Å². The Balaban J connectivity index is 1.58. The number of anilines is 2. The molecule has 0 atom stereocenters. The minimum atomic E-state index is -4.45. The van der Waals surface area contributed by atoms with Gasteiger partial charge in [-0.1, -0.05) is 0 Å². The van der Waals surface area contributed by atoms with Crippen LogP contribution in [0.3, 0.4) is 0 Å². The van der Waals surface area contributed by atoms with E-state index >= 15 is 0 Å². The Kier molecular flexibility index (Phi) is 4.77. The summed E-state index contributed by atoms with van der Waals surface area (Å²) in [7, 11) is 0. The second kappa shape index (κ2) is 6.82. The lowest BCUT2D eigenvalue weighted by atomic mass is 10.2. The number of carbonyl (C=O) groups excluding carboxylic acids is 1. The van der Waals surface area contributed by atoms with E-state index < -0.39 is 18.5 Å². The summed E-state index contributed by atoms with van der Waals surface area (Å²) in [5.74, 6) is 0.595. The van der Waals surface area contributed by atoms with Gasteiger partial charge in [0, 0.05) is 45.5 Å². The summed E-state index contributed by atoms with van der Waals surface area (Å²) in [5.41, 5.74) is 0. The van der Waals surface area contributed by atoms with Crippen molar-refractivity contribution < 1.29 is 18.0 Å². The van der Waals surface area contributed by atoms with Gasteiger partial charge in [-0.15, -0.1) is 0 Å². The Bertz CT molecular complexity index is 581. The maximum atomic E-state index is 12.3. The molecule has 0 aliphatic carbocycles. The lowest BCUT2D eigenvalue weighted by Gasteiger charge is -2.35. The number of amides is 1. The van der Waals surface area contributed by atoms with Crippen molar-refractivity contribution in [2.45, 2.75) is 25.4 Å². The maximum absolute atomic E-state index is 12.3. The van der Waals surface area contributed by atoms with Crippen molar-refractivity contribution in [1.82, 2.24) is 14.9 Å². The van der Waals surface area contributed by atoms with Gasteiger partial charge < -0.3 is 14.7 Å². The number of carbonyl (C=O) groups is 1. The van der Waals surface area contributed by atoms with Crippen LogP contribution in [0.25, 0.3) is 0 Å². The first kappa shape index (κ1) is 16.8. The molecule has 2 saturated heterocycles. The molecule has 132 valence electrons. The summed E-state index contributed by atoms with van der Waals surface area (Å²) in [5, 5.41) is 0. The van der Waals surface area contributed by atoms with E-state index in [0.29, 0.717) is 19.0 Å². The predicted octanol–water partition coefficient (Wildman–Crippen LogP) is 1.68. The van der Waals surface area contributed by atoms with Crippen LogP contribution < -0.4 is 9.80 Å². The van der Waals surface area contributed by atoms with Crippen LogP contribution >= 0.6 is 0 Å². The van der Waals surface area contributed by atoms with Gasteiger partial charge in [-0.2, -0.15) is 18.2 Å². The third-order valence-electron chi connectivity index (χ3n) is 4.33. The standard InChI is InChI=1S/C15H20F3N5O/c16-15(17,18)11-13(24)22-9-7-21(8-10-22)12-3-4-19-14(20-12)23-5-1-2-6-23/h3-4H,1-2,5-11H2. The Morgan fingerprint density at radius 3 is 2.33 bits per heavy atom. The van der Waals surface area contributed by atoms with E-state index in [9.17, 15) is 18.0 Å². The van der Waals surface area contributed by atoms with Gasteiger partial charge in [0.2, 0.25) is 11.9 Å². The molecule has 3 heterocycles. The summed E-state index contributed by atoms with van der Waals surface area (Å²) >= 11 is 0. The molecule has 2 aliphatic rings. The highest BCUT2D eigenvalue weighted by atomic mass is 19.4. The lowest BCUT2D eigenvalue weighted by molar-refractivity contribution is -0.161. The van der Waals surface area contributed by atoms with Gasteiger partial charge in [0.05, 0.1) is 0 Å². The van der Waals surface area contributed by atoms with Crippen LogP contribution in [0.2, 0.25) is 0 Å². The highest BCUT2D eigenvalue weighted by Crippen LogP contribution is 2.23. The zero-order valence-corrected chi connectivity index (χ0v) is 13.3. The fraction of sp³-hybridized carbons (Fsp3) is 0.667. The molecule has 6 nitrogen and oxygen atoms in total. The fourth-order valence-electron chi connectivity index (χ4n) is 3.05. The Morgan fingerprint density at radius 2 is 1.71 bits per heavy atom. The van der Waals surface area contributed by atoms with E-state index in [-0.39, 0.29) is 13.1 Å². The summed E-state index contributed by atoms with van der Waals surface area (Å²) in [4.78, 5) is 25.9. The van der Waals surface area contributed by atoms with E-state index in [1.165, 1.54) is 4.90 Å².